The molecule has 2 aromatic heterocycles. The van der Waals surface area contributed by atoms with Crippen LogP contribution < -0.4 is 24.3 Å². The molecule has 0 saturated carbocycles. The van der Waals surface area contributed by atoms with Gasteiger partial charge in [0.15, 0.2) is 29.6 Å². The summed E-state index contributed by atoms with van der Waals surface area (Å²) in [5, 5.41) is 16.4. The molecule has 0 aliphatic rings. The van der Waals surface area contributed by atoms with Crippen molar-refractivity contribution in [3.05, 3.63) is 58.6 Å². The van der Waals surface area contributed by atoms with Gasteiger partial charge in [0, 0.05) is 22.7 Å². The summed E-state index contributed by atoms with van der Waals surface area (Å²) in [5.41, 5.74) is 1.29. The van der Waals surface area contributed by atoms with Gasteiger partial charge in [-0.25, -0.2) is 0 Å². The second kappa shape index (κ2) is 11.1. The van der Waals surface area contributed by atoms with E-state index in [9.17, 15) is 4.79 Å². The number of nitrogens with one attached hydrogen (secondary N) is 1. The number of ether oxygens (including phenoxy) is 4. The van der Waals surface area contributed by atoms with Crippen molar-refractivity contribution in [1.29, 1.82) is 0 Å². The second-order valence-electron chi connectivity index (χ2n) is 7.10. The summed E-state index contributed by atoms with van der Waals surface area (Å²) in [4.78, 5) is 12.0. The molecule has 0 bridgehead atoms. The predicted octanol–water partition coefficient (Wildman–Crippen LogP) is 3.69. The van der Waals surface area contributed by atoms with Crippen molar-refractivity contribution in [2.45, 2.75) is 0 Å². The van der Waals surface area contributed by atoms with Gasteiger partial charge in [-0.05, 0) is 36.4 Å². The van der Waals surface area contributed by atoms with E-state index in [0.717, 1.165) is 5.56 Å². The summed E-state index contributed by atoms with van der Waals surface area (Å²) < 4.78 is 23.3. The minimum atomic E-state index is -0.331. The highest BCUT2D eigenvalue weighted by Gasteiger charge is 2.14. The number of carbonyl (C=O) groups excluding carboxylic acids is 1. The fraction of sp³-hybridized carbons (Fsp3) is 0.217. The molecule has 4 rings (SSSR count). The zero-order valence-corrected chi connectivity index (χ0v) is 20.3. The number of amides is 1. The molecule has 0 aliphatic carbocycles. The van der Waals surface area contributed by atoms with Crippen LogP contribution in [0.3, 0.4) is 0 Å². The van der Waals surface area contributed by atoms with Crippen molar-refractivity contribution in [1.82, 2.24) is 25.1 Å². The van der Waals surface area contributed by atoms with Gasteiger partial charge in [-0.2, -0.15) is 4.52 Å². The Kier molecular flexibility index (Phi) is 7.74. The van der Waals surface area contributed by atoms with Gasteiger partial charge >= 0.3 is 0 Å². The number of carbonyl (C=O) groups is 1. The summed E-state index contributed by atoms with van der Waals surface area (Å²) in [6.45, 7) is 0.228. The van der Waals surface area contributed by atoms with E-state index in [-0.39, 0.29) is 25.7 Å². The third kappa shape index (κ3) is 5.84. The van der Waals surface area contributed by atoms with E-state index in [1.54, 1.807) is 61.2 Å². The van der Waals surface area contributed by atoms with Crippen LogP contribution in [0.2, 0.25) is 10.0 Å². The molecule has 0 spiro atoms. The SMILES string of the molecule is COc1ccc(-c2nnc3ccc(OCCNC(=O)COc4cc(Cl)ccc4Cl)nn23)cc1OC. The zero-order chi connectivity index (χ0) is 24.8. The first-order chi connectivity index (χ1) is 17.0. The first kappa shape index (κ1) is 24.4. The molecule has 0 radical (unpaired) electrons. The Bertz CT molecular complexity index is 1350. The monoisotopic (exact) mass is 517 g/mol. The predicted molar refractivity (Wildman–Crippen MR) is 130 cm³/mol. The Morgan fingerprint density at radius 2 is 1.77 bits per heavy atom. The quantitative estimate of drug-likeness (QED) is 0.317. The average molecular weight is 518 g/mol. The lowest BCUT2D eigenvalue weighted by atomic mass is 10.2. The molecule has 2 aromatic carbocycles. The van der Waals surface area contributed by atoms with Crippen LogP contribution in [0.15, 0.2) is 48.5 Å². The summed E-state index contributed by atoms with van der Waals surface area (Å²) in [5.74, 6) is 2.02. The van der Waals surface area contributed by atoms with Crippen molar-refractivity contribution in [2.75, 3.05) is 34.0 Å². The lowest BCUT2D eigenvalue weighted by Gasteiger charge is -2.10. The van der Waals surface area contributed by atoms with Gasteiger partial charge < -0.3 is 24.3 Å². The minimum absolute atomic E-state index is 0.190. The molecule has 0 saturated heterocycles. The third-order valence-corrected chi connectivity index (χ3v) is 5.35. The van der Waals surface area contributed by atoms with Gasteiger partial charge in [-0.1, -0.05) is 23.2 Å². The van der Waals surface area contributed by atoms with Gasteiger partial charge in [-0.15, -0.1) is 15.3 Å². The molecule has 10 nitrogen and oxygen atoms in total. The highest BCUT2D eigenvalue weighted by atomic mass is 35.5. The number of hydrogen-bond acceptors (Lipinski definition) is 8. The summed E-state index contributed by atoms with van der Waals surface area (Å²) in [6.07, 6.45) is 0. The molecule has 12 heteroatoms. The van der Waals surface area contributed by atoms with E-state index in [4.69, 9.17) is 42.1 Å². The second-order valence-corrected chi connectivity index (χ2v) is 7.94. The van der Waals surface area contributed by atoms with Crippen LogP contribution in [0.4, 0.5) is 0 Å². The van der Waals surface area contributed by atoms with Crippen LogP contribution >= 0.6 is 23.2 Å². The van der Waals surface area contributed by atoms with E-state index in [2.05, 4.69) is 20.6 Å². The molecule has 0 aliphatic heterocycles. The summed E-state index contributed by atoms with van der Waals surface area (Å²) >= 11 is 11.9. The molecule has 0 fully saturated rings. The Labute approximate surface area is 210 Å². The van der Waals surface area contributed by atoms with Crippen LogP contribution in [0.5, 0.6) is 23.1 Å². The number of nitrogens with zero attached hydrogens (tertiary/aromatic N) is 4. The standard InChI is InChI=1S/C23H21Cl2N5O5/c1-32-17-6-3-14(11-19(17)33-2)23-28-27-20-7-8-22(29-30(20)23)34-10-9-26-21(31)13-35-18-12-15(24)4-5-16(18)25/h3-8,11-12H,9-10,13H2,1-2H3,(H,26,31). The fourth-order valence-corrected chi connectivity index (χ4v) is 3.47. The van der Waals surface area contributed by atoms with E-state index in [1.165, 1.54) is 0 Å². The maximum Gasteiger partial charge on any atom is 0.258 e. The smallest absolute Gasteiger partial charge is 0.258 e. The van der Waals surface area contributed by atoms with Crippen LogP contribution in [-0.4, -0.2) is 59.7 Å². The number of benzene rings is 2. The summed E-state index contributed by atoms with van der Waals surface area (Å²) in [7, 11) is 3.13. The van der Waals surface area contributed by atoms with Gasteiger partial charge in [-0.3, -0.25) is 4.79 Å². The fourth-order valence-electron chi connectivity index (χ4n) is 3.13. The Hall–Kier alpha value is -3.76. The van der Waals surface area contributed by atoms with Gasteiger partial charge in [0.25, 0.3) is 5.91 Å². The van der Waals surface area contributed by atoms with Crippen LogP contribution in [0, 0.1) is 0 Å². The molecule has 1 amide bonds. The number of halogens is 2. The van der Waals surface area contributed by atoms with E-state index < -0.39 is 0 Å². The van der Waals surface area contributed by atoms with Gasteiger partial charge in [0.2, 0.25) is 5.88 Å². The van der Waals surface area contributed by atoms with Crippen molar-refractivity contribution in [3.63, 3.8) is 0 Å². The molecule has 0 unspecified atom stereocenters. The molecule has 2 heterocycles. The number of methoxy groups -OCH3 is 2. The van der Waals surface area contributed by atoms with Crippen molar-refractivity contribution >= 4 is 34.8 Å². The van der Waals surface area contributed by atoms with E-state index in [1.807, 2.05) is 6.07 Å². The van der Waals surface area contributed by atoms with E-state index in [0.29, 0.717) is 44.6 Å². The highest BCUT2D eigenvalue weighted by Crippen LogP contribution is 2.32. The molecule has 0 atom stereocenters. The van der Waals surface area contributed by atoms with Crippen molar-refractivity contribution in [3.8, 4) is 34.5 Å². The maximum atomic E-state index is 12.0. The number of hydrogen-bond donors (Lipinski definition) is 1. The highest BCUT2D eigenvalue weighted by molar-refractivity contribution is 6.34. The first-order valence-electron chi connectivity index (χ1n) is 10.4. The lowest BCUT2D eigenvalue weighted by Crippen LogP contribution is -2.32. The molecule has 4 aromatic rings. The number of rotatable bonds is 10. The average Bonchev–Trinajstić information content (AvgIpc) is 3.30. The molecular weight excluding hydrogens is 497 g/mol. The minimum Gasteiger partial charge on any atom is -0.493 e. The maximum absolute atomic E-state index is 12.0. The molecule has 1 N–H and O–H groups in total. The van der Waals surface area contributed by atoms with Gasteiger partial charge in [0.1, 0.15) is 12.4 Å². The van der Waals surface area contributed by atoms with Crippen LogP contribution in [0.1, 0.15) is 0 Å². The molecule has 35 heavy (non-hydrogen) atoms. The van der Waals surface area contributed by atoms with Crippen molar-refractivity contribution < 1.29 is 23.7 Å². The first-order valence-corrected chi connectivity index (χ1v) is 11.2. The Morgan fingerprint density at radius 3 is 2.57 bits per heavy atom. The van der Waals surface area contributed by atoms with Gasteiger partial charge in [0.05, 0.1) is 25.8 Å². The van der Waals surface area contributed by atoms with E-state index >= 15 is 0 Å². The molecule has 182 valence electrons. The number of aromatic nitrogens is 4. The topological polar surface area (TPSA) is 109 Å². The Morgan fingerprint density at radius 1 is 0.943 bits per heavy atom. The normalized spacial score (nSPS) is 10.7. The van der Waals surface area contributed by atoms with Crippen molar-refractivity contribution in [2.24, 2.45) is 0 Å². The van der Waals surface area contributed by atoms with Crippen LogP contribution in [0.25, 0.3) is 17.0 Å². The largest absolute Gasteiger partial charge is 0.493 e. The zero-order valence-electron chi connectivity index (χ0n) is 18.8. The Balaban J connectivity index is 1.34. The molecular formula is C23H21Cl2N5O5. The number of fused-ring (bicyclic) bond motifs is 1. The third-order valence-electron chi connectivity index (χ3n) is 4.81. The summed E-state index contributed by atoms with van der Waals surface area (Å²) in [6, 6.07) is 13.6. The van der Waals surface area contributed by atoms with Crippen LogP contribution in [-0.2, 0) is 4.79 Å². The lowest BCUT2D eigenvalue weighted by molar-refractivity contribution is -0.123.